The SMILES string of the molecule is CCCC(O)(CCC)c1cccc(OC2CC2)c1. The van der Waals surface area contributed by atoms with E-state index in [4.69, 9.17) is 4.74 Å². The van der Waals surface area contributed by atoms with Gasteiger partial charge in [-0.3, -0.25) is 0 Å². The van der Waals surface area contributed by atoms with Crippen LogP contribution in [-0.2, 0) is 5.60 Å². The molecule has 0 saturated heterocycles. The molecule has 0 bridgehead atoms. The first-order valence-corrected chi connectivity index (χ1v) is 7.17. The predicted molar refractivity (Wildman–Crippen MR) is 73.8 cm³/mol. The van der Waals surface area contributed by atoms with Crippen molar-refractivity contribution in [2.45, 2.75) is 64.1 Å². The monoisotopic (exact) mass is 248 g/mol. The lowest BCUT2D eigenvalue weighted by Gasteiger charge is -2.28. The minimum absolute atomic E-state index is 0.408. The zero-order chi connectivity index (χ0) is 13.0. The highest BCUT2D eigenvalue weighted by Gasteiger charge is 2.28. The van der Waals surface area contributed by atoms with Crippen LogP contribution in [0.15, 0.2) is 24.3 Å². The lowest BCUT2D eigenvalue weighted by molar-refractivity contribution is 0.0167. The fourth-order valence-corrected chi connectivity index (χ4v) is 2.48. The molecule has 1 N–H and O–H groups in total. The van der Waals surface area contributed by atoms with Crippen molar-refractivity contribution in [2.24, 2.45) is 0 Å². The van der Waals surface area contributed by atoms with Gasteiger partial charge in [0.15, 0.2) is 0 Å². The van der Waals surface area contributed by atoms with Crippen molar-refractivity contribution in [1.82, 2.24) is 0 Å². The van der Waals surface area contributed by atoms with Crippen molar-refractivity contribution >= 4 is 0 Å². The quantitative estimate of drug-likeness (QED) is 0.790. The summed E-state index contributed by atoms with van der Waals surface area (Å²) >= 11 is 0. The van der Waals surface area contributed by atoms with E-state index in [1.54, 1.807) is 0 Å². The number of ether oxygens (including phenoxy) is 1. The van der Waals surface area contributed by atoms with Crippen molar-refractivity contribution in [3.05, 3.63) is 29.8 Å². The third kappa shape index (κ3) is 3.26. The molecule has 0 aromatic heterocycles. The highest BCUT2D eigenvalue weighted by atomic mass is 16.5. The molecule has 1 aliphatic carbocycles. The molecule has 1 saturated carbocycles. The molecule has 0 unspecified atom stereocenters. The fraction of sp³-hybridized carbons (Fsp3) is 0.625. The van der Waals surface area contributed by atoms with E-state index < -0.39 is 5.60 Å². The first-order chi connectivity index (χ1) is 8.68. The van der Waals surface area contributed by atoms with E-state index in [2.05, 4.69) is 13.8 Å². The van der Waals surface area contributed by atoms with Crippen molar-refractivity contribution < 1.29 is 9.84 Å². The van der Waals surface area contributed by atoms with Crippen LogP contribution in [0.3, 0.4) is 0 Å². The summed E-state index contributed by atoms with van der Waals surface area (Å²) in [7, 11) is 0. The fourth-order valence-electron chi connectivity index (χ4n) is 2.48. The minimum Gasteiger partial charge on any atom is -0.490 e. The van der Waals surface area contributed by atoms with Crippen LogP contribution >= 0.6 is 0 Å². The Bertz CT molecular complexity index is 376. The molecule has 1 aromatic carbocycles. The Kier molecular flexibility index (Phi) is 4.28. The molecule has 2 nitrogen and oxygen atoms in total. The summed E-state index contributed by atoms with van der Waals surface area (Å²) in [4.78, 5) is 0. The summed E-state index contributed by atoms with van der Waals surface area (Å²) in [6.07, 6.45) is 6.35. The largest absolute Gasteiger partial charge is 0.490 e. The van der Waals surface area contributed by atoms with Crippen LogP contribution in [0.4, 0.5) is 0 Å². The molecule has 2 rings (SSSR count). The van der Waals surface area contributed by atoms with E-state index in [-0.39, 0.29) is 0 Å². The van der Waals surface area contributed by atoms with Gasteiger partial charge in [0.2, 0.25) is 0 Å². The number of hydrogen-bond donors (Lipinski definition) is 1. The summed E-state index contributed by atoms with van der Waals surface area (Å²) in [5.41, 5.74) is 0.316. The standard InChI is InChI=1S/C16H24O2/c1-3-10-16(17,11-4-2)13-6-5-7-15(12-13)18-14-8-9-14/h5-7,12,14,17H,3-4,8-11H2,1-2H3. The van der Waals surface area contributed by atoms with Gasteiger partial charge in [-0.05, 0) is 43.4 Å². The van der Waals surface area contributed by atoms with Gasteiger partial charge in [0.1, 0.15) is 5.75 Å². The molecule has 0 atom stereocenters. The van der Waals surface area contributed by atoms with Gasteiger partial charge in [-0.1, -0.05) is 38.8 Å². The smallest absolute Gasteiger partial charge is 0.120 e. The Hall–Kier alpha value is -1.02. The lowest BCUT2D eigenvalue weighted by atomic mass is 9.85. The maximum Gasteiger partial charge on any atom is 0.120 e. The summed E-state index contributed by atoms with van der Waals surface area (Å²) in [5.74, 6) is 0.903. The molecular weight excluding hydrogens is 224 g/mol. The highest BCUT2D eigenvalue weighted by Crippen LogP contribution is 2.34. The molecule has 0 amide bonds. The first kappa shape index (κ1) is 13.4. The average Bonchev–Trinajstić information content (AvgIpc) is 3.14. The molecule has 18 heavy (non-hydrogen) atoms. The second-order valence-electron chi connectivity index (χ2n) is 5.38. The zero-order valence-corrected chi connectivity index (χ0v) is 11.5. The third-order valence-corrected chi connectivity index (χ3v) is 3.53. The van der Waals surface area contributed by atoms with Crippen LogP contribution in [-0.4, -0.2) is 11.2 Å². The molecule has 0 heterocycles. The van der Waals surface area contributed by atoms with E-state index >= 15 is 0 Å². The van der Waals surface area contributed by atoms with Crippen LogP contribution < -0.4 is 4.74 Å². The number of benzene rings is 1. The van der Waals surface area contributed by atoms with Crippen LogP contribution in [0.5, 0.6) is 5.75 Å². The second-order valence-corrected chi connectivity index (χ2v) is 5.38. The van der Waals surface area contributed by atoms with Gasteiger partial charge in [-0.25, -0.2) is 0 Å². The van der Waals surface area contributed by atoms with E-state index in [9.17, 15) is 5.11 Å². The van der Waals surface area contributed by atoms with Gasteiger partial charge in [-0.2, -0.15) is 0 Å². The van der Waals surface area contributed by atoms with Gasteiger partial charge in [-0.15, -0.1) is 0 Å². The Balaban J connectivity index is 2.17. The van der Waals surface area contributed by atoms with E-state index in [0.717, 1.165) is 37.0 Å². The van der Waals surface area contributed by atoms with Crippen LogP contribution in [0.1, 0.15) is 57.9 Å². The number of aliphatic hydroxyl groups is 1. The molecule has 0 radical (unpaired) electrons. The van der Waals surface area contributed by atoms with Gasteiger partial charge >= 0.3 is 0 Å². The minimum atomic E-state index is -0.688. The molecule has 1 aliphatic rings. The van der Waals surface area contributed by atoms with Crippen LogP contribution in [0.2, 0.25) is 0 Å². The molecule has 0 aliphatic heterocycles. The lowest BCUT2D eigenvalue weighted by Crippen LogP contribution is -2.25. The first-order valence-electron chi connectivity index (χ1n) is 7.17. The molecule has 1 aromatic rings. The molecule has 1 fully saturated rings. The Morgan fingerprint density at radius 2 is 1.89 bits per heavy atom. The van der Waals surface area contributed by atoms with Crippen molar-refractivity contribution in [3.8, 4) is 5.75 Å². The van der Waals surface area contributed by atoms with Gasteiger partial charge in [0.05, 0.1) is 11.7 Å². The number of rotatable bonds is 7. The zero-order valence-electron chi connectivity index (χ0n) is 11.5. The van der Waals surface area contributed by atoms with Gasteiger partial charge in [0.25, 0.3) is 0 Å². The van der Waals surface area contributed by atoms with Crippen molar-refractivity contribution in [3.63, 3.8) is 0 Å². The van der Waals surface area contributed by atoms with E-state index in [0.29, 0.717) is 6.10 Å². The van der Waals surface area contributed by atoms with Gasteiger partial charge in [0, 0.05) is 0 Å². The van der Waals surface area contributed by atoms with Crippen molar-refractivity contribution in [2.75, 3.05) is 0 Å². The van der Waals surface area contributed by atoms with Crippen molar-refractivity contribution in [1.29, 1.82) is 0 Å². The van der Waals surface area contributed by atoms with E-state index in [1.807, 2.05) is 24.3 Å². The van der Waals surface area contributed by atoms with E-state index in [1.165, 1.54) is 12.8 Å². The average molecular weight is 248 g/mol. The maximum absolute atomic E-state index is 10.8. The Morgan fingerprint density at radius 3 is 2.44 bits per heavy atom. The summed E-state index contributed by atoms with van der Waals surface area (Å²) in [6.45, 7) is 4.23. The normalized spacial score (nSPS) is 15.7. The topological polar surface area (TPSA) is 29.5 Å². The summed E-state index contributed by atoms with van der Waals surface area (Å²) < 4.78 is 5.81. The molecule has 2 heteroatoms. The predicted octanol–water partition coefficient (Wildman–Crippen LogP) is 4.02. The Morgan fingerprint density at radius 1 is 1.22 bits per heavy atom. The van der Waals surface area contributed by atoms with Crippen LogP contribution in [0.25, 0.3) is 0 Å². The summed E-state index contributed by atoms with van der Waals surface area (Å²) in [6, 6.07) is 8.01. The third-order valence-electron chi connectivity index (χ3n) is 3.53. The molecular formula is C16H24O2. The number of hydrogen-bond acceptors (Lipinski definition) is 2. The summed E-state index contributed by atoms with van der Waals surface area (Å²) in [5, 5.41) is 10.8. The Labute approximate surface area is 110 Å². The second kappa shape index (κ2) is 5.75. The van der Waals surface area contributed by atoms with Gasteiger partial charge < -0.3 is 9.84 Å². The molecule has 100 valence electrons. The van der Waals surface area contributed by atoms with Crippen LogP contribution in [0, 0.1) is 0 Å². The molecule has 0 spiro atoms. The maximum atomic E-state index is 10.8. The highest BCUT2D eigenvalue weighted by molar-refractivity contribution is 5.32.